The predicted molar refractivity (Wildman–Crippen MR) is 109 cm³/mol. The van der Waals surface area contributed by atoms with Crippen LogP contribution in [0.3, 0.4) is 0 Å². The minimum atomic E-state index is -0.368. The van der Waals surface area contributed by atoms with Crippen LogP contribution in [0.1, 0.15) is 52.7 Å². The Morgan fingerprint density at radius 3 is 2.08 bits per heavy atom. The van der Waals surface area contributed by atoms with E-state index < -0.39 is 0 Å². The van der Waals surface area contributed by atoms with Crippen molar-refractivity contribution < 1.29 is 14.0 Å². The van der Waals surface area contributed by atoms with Crippen LogP contribution < -0.4 is 10.2 Å². The molecule has 2 heterocycles. The smallest absolute Gasteiger partial charge is 0.457 e. The van der Waals surface area contributed by atoms with Crippen LogP contribution in [0.25, 0.3) is 0 Å². The minimum absolute atomic E-state index is 0.163. The van der Waals surface area contributed by atoms with Crippen molar-refractivity contribution in [2.24, 2.45) is 0 Å². The summed E-state index contributed by atoms with van der Waals surface area (Å²) >= 11 is 3.53. The maximum Gasteiger partial charge on any atom is 0.494 e. The minimum Gasteiger partial charge on any atom is -0.457 e. The molecule has 0 aliphatic carbocycles. The van der Waals surface area contributed by atoms with Gasteiger partial charge in [0, 0.05) is 21.0 Å². The van der Waals surface area contributed by atoms with Crippen molar-refractivity contribution >= 4 is 28.5 Å². The number of benzene rings is 2. The second kappa shape index (κ2) is 5.60. The van der Waals surface area contributed by atoms with Crippen molar-refractivity contribution in [2.75, 3.05) is 0 Å². The SMILES string of the molecule is CC1(C)c2ccc(Br)cc2Oc2ccc(B3OC(C)(C)C(C)(C)O3)cc21. The molecule has 4 rings (SSSR count). The van der Waals surface area contributed by atoms with Crippen LogP contribution in [-0.2, 0) is 14.7 Å². The Morgan fingerprint density at radius 2 is 1.42 bits per heavy atom. The molecule has 0 amide bonds. The predicted octanol–water partition coefficient (Wildman–Crippen LogP) is 5.18. The topological polar surface area (TPSA) is 27.7 Å². The largest absolute Gasteiger partial charge is 0.494 e. The molecule has 0 atom stereocenters. The van der Waals surface area contributed by atoms with Gasteiger partial charge in [-0.05, 0) is 51.4 Å². The molecular weight excluding hydrogens is 391 g/mol. The van der Waals surface area contributed by atoms with Crippen molar-refractivity contribution in [1.29, 1.82) is 0 Å². The molecule has 0 radical (unpaired) electrons. The quantitative estimate of drug-likeness (QED) is 0.601. The molecule has 5 heteroatoms. The molecule has 3 nitrogen and oxygen atoms in total. The molecule has 26 heavy (non-hydrogen) atoms. The Bertz CT molecular complexity index is 873. The zero-order chi connectivity index (χ0) is 18.9. The first-order chi connectivity index (χ1) is 12.0. The summed E-state index contributed by atoms with van der Waals surface area (Å²) in [6, 6.07) is 12.5. The first-order valence-corrected chi connectivity index (χ1v) is 9.78. The Labute approximate surface area is 164 Å². The van der Waals surface area contributed by atoms with Crippen LogP contribution in [0, 0.1) is 0 Å². The van der Waals surface area contributed by atoms with E-state index in [0.29, 0.717) is 0 Å². The molecule has 1 saturated heterocycles. The lowest BCUT2D eigenvalue weighted by Gasteiger charge is -2.35. The lowest BCUT2D eigenvalue weighted by atomic mass is 9.71. The molecule has 2 aromatic rings. The molecular formula is C21H24BBrO3. The highest BCUT2D eigenvalue weighted by Gasteiger charge is 2.52. The summed E-state index contributed by atoms with van der Waals surface area (Å²) in [5, 5.41) is 0. The van der Waals surface area contributed by atoms with Crippen LogP contribution in [0.4, 0.5) is 0 Å². The van der Waals surface area contributed by atoms with Crippen LogP contribution in [0.5, 0.6) is 11.5 Å². The molecule has 0 N–H and O–H groups in total. The van der Waals surface area contributed by atoms with Crippen molar-refractivity contribution in [3.05, 3.63) is 52.0 Å². The fraction of sp³-hybridized carbons (Fsp3) is 0.429. The lowest BCUT2D eigenvalue weighted by Crippen LogP contribution is -2.41. The van der Waals surface area contributed by atoms with E-state index in [-0.39, 0.29) is 23.7 Å². The van der Waals surface area contributed by atoms with E-state index in [1.165, 1.54) is 5.56 Å². The van der Waals surface area contributed by atoms with Crippen LogP contribution >= 0.6 is 15.9 Å². The second-order valence-electron chi connectivity index (χ2n) is 8.71. The molecule has 0 saturated carbocycles. The normalized spacial score (nSPS) is 21.7. The van der Waals surface area contributed by atoms with Crippen molar-refractivity contribution in [3.63, 3.8) is 0 Å². The third kappa shape index (κ3) is 2.64. The molecule has 2 aliphatic heterocycles. The van der Waals surface area contributed by atoms with E-state index in [1.54, 1.807) is 0 Å². The van der Waals surface area contributed by atoms with Gasteiger partial charge in [-0.1, -0.05) is 48.0 Å². The highest BCUT2D eigenvalue weighted by molar-refractivity contribution is 9.10. The zero-order valence-corrected chi connectivity index (χ0v) is 17.7. The Kier molecular flexibility index (Phi) is 3.90. The summed E-state index contributed by atoms with van der Waals surface area (Å²) in [4.78, 5) is 0. The highest BCUT2D eigenvalue weighted by Crippen LogP contribution is 2.48. The number of fused-ring (bicyclic) bond motifs is 2. The number of hydrogen-bond donors (Lipinski definition) is 0. The second-order valence-corrected chi connectivity index (χ2v) is 9.63. The van der Waals surface area contributed by atoms with Crippen LogP contribution in [-0.4, -0.2) is 18.3 Å². The van der Waals surface area contributed by atoms with E-state index in [4.69, 9.17) is 14.0 Å². The Morgan fingerprint density at radius 1 is 0.769 bits per heavy atom. The van der Waals surface area contributed by atoms with E-state index >= 15 is 0 Å². The Balaban J connectivity index is 1.75. The average Bonchev–Trinajstić information content (AvgIpc) is 2.75. The van der Waals surface area contributed by atoms with Crippen LogP contribution in [0.15, 0.2) is 40.9 Å². The molecule has 136 valence electrons. The monoisotopic (exact) mass is 414 g/mol. The summed E-state index contributed by atoms with van der Waals surface area (Å²) in [5.41, 5.74) is 2.50. The van der Waals surface area contributed by atoms with Crippen molar-refractivity contribution in [2.45, 2.75) is 58.2 Å². The summed E-state index contributed by atoms with van der Waals surface area (Å²) in [5.74, 6) is 1.79. The lowest BCUT2D eigenvalue weighted by molar-refractivity contribution is 0.00578. The molecule has 0 aromatic heterocycles. The fourth-order valence-electron chi connectivity index (χ4n) is 3.61. The standard InChI is InChI=1S/C21H24BBrO3/c1-19(2)15-9-8-14(23)12-18(15)24-17-10-7-13(11-16(17)19)22-25-20(3,4)21(5,6)26-22/h7-12H,1-6H3. The highest BCUT2D eigenvalue weighted by atomic mass is 79.9. The molecule has 2 aromatic carbocycles. The molecule has 0 unspecified atom stereocenters. The summed E-state index contributed by atoms with van der Waals surface area (Å²) in [7, 11) is -0.368. The van der Waals surface area contributed by atoms with E-state index in [1.807, 2.05) is 18.2 Å². The van der Waals surface area contributed by atoms with Gasteiger partial charge in [-0.3, -0.25) is 0 Å². The fourth-order valence-corrected chi connectivity index (χ4v) is 3.95. The van der Waals surface area contributed by atoms with Gasteiger partial charge in [-0.15, -0.1) is 0 Å². The van der Waals surface area contributed by atoms with Gasteiger partial charge in [0.25, 0.3) is 0 Å². The maximum atomic E-state index is 6.23. The van der Waals surface area contributed by atoms with Crippen molar-refractivity contribution in [3.8, 4) is 11.5 Å². The van der Waals surface area contributed by atoms with Gasteiger partial charge >= 0.3 is 7.12 Å². The third-order valence-electron chi connectivity index (χ3n) is 6.04. The number of hydrogen-bond acceptors (Lipinski definition) is 3. The van der Waals surface area contributed by atoms with Gasteiger partial charge in [-0.25, -0.2) is 0 Å². The number of halogens is 1. The number of ether oxygens (including phenoxy) is 1. The molecule has 2 aliphatic rings. The van der Waals surface area contributed by atoms with Gasteiger partial charge < -0.3 is 14.0 Å². The molecule has 1 fully saturated rings. The van der Waals surface area contributed by atoms with Gasteiger partial charge in [0.05, 0.1) is 11.2 Å². The molecule has 0 bridgehead atoms. The van der Waals surface area contributed by atoms with Crippen molar-refractivity contribution in [1.82, 2.24) is 0 Å². The van der Waals surface area contributed by atoms with Gasteiger partial charge in [-0.2, -0.15) is 0 Å². The van der Waals surface area contributed by atoms with E-state index in [0.717, 1.165) is 27.0 Å². The summed E-state index contributed by atoms with van der Waals surface area (Å²) in [6.07, 6.45) is 0. The summed E-state index contributed by atoms with van der Waals surface area (Å²) in [6.45, 7) is 12.8. The first kappa shape index (κ1) is 18.1. The number of rotatable bonds is 1. The van der Waals surface area contributed by atoms with Gasteiger partial charge in [0.1, 0.15) is 11.5 Å². The average molecular weight is 415 g/mol. The van der Waals surface area contributed by atoms with Gasteiger partial charge in [0.15, 0.2) is 0 Å². The zero-order valence-electron chi connectivity index (χ0n) is 16.1. The first-order valence-electron chi connectivity index (χ1n) is 8.99. The van der Waals surface area contributed by atoms with E-state index in [9.17, 15) is 0 Å². The van der Waals surface area contributed by atoms with E-state index in [2.05, 4.69) is 75.7 Å². The summed E-state index contributed by atoms with van der Waals surface area (Å²) < 4.78 is 19.7. The molecule has 0 spiro atoms. The Hall–Kier alpha value is -1.30. The maximum absolute atomic E-state index is 6.23. The van der Waals surface area contributed by atoms with Crippen LogP contribution in [0.2, 0.25) is 0 Å². The third-order valence-corrected chi connectivity index (χ3v) is 6.53. The van der Waals surface area contributed by atoms with Gasteiger partial charge in [0.2, 0.25) is 0 Å².